The Morgan fingerprint density at radius 1 is 1.17 bits per heavy atom. The van der Waals surface area contributed by atoms with Gasteiger partial charge in [-0.05, 0) is 56.2 Å². The summed E-state index contributed by atoms with van der Waals surface area (Å²) in [4.78, 5) is 0. The number of allylic oxidation sites excluding steroid dienone is 1. The highest BCUT2D eigenvalue weighted by Crippen LogP contribution is 2.35. The number of rotatable bonds is 2. The van der Waals surface area contributed by atoms with Crippen LogP contribution in [-0.4, -0.2) is 6.16 Å². The molecule has 100 valence electrons. The molecule has 1 fully saturated rings. The fourth-order valence-corrected chi connectivity index (χ4v) is 2.53. The summed E-state index contributed by atoms with van der Waals surface area (Å²) in [5.74, 6) is 1.56. The first-order valence-electron chi connectivity index (χ1n) is 7.10. The molecule has 1 aromatic carbocycles. The van der Waals surface area contributed by atoms with Gasteiger partial charge in [-0.25, -0.2) is 0 Å². The maximum Gasteiger partial charge on any atom is -0.0162 e. The van der Waals surface area contributed by atoms with E-state index in [0.29, 0.717) is 0 Å². The molecule has 1 aromatic rings. The van der Waals surface area contributed by atoms with E-state index in [4.69, 9.17) is 0 Å². The van der Waals surface area contributed by atoms with Crippen molar-refractivity contribution in [3.05, 3.63) is 48.0 Å². The lowest BCUT2D eigenvalue weighted by Gasteiger charge is -2.26. The van der Waals surface area contributed by atoms with Gasteiger partial charge >= 0.3 is 0 Å². The van der Waals surface area contributed by atoms with Gasteiger partial charge in [-0.3, -0.25) is 0 Å². The lowest BCUT2D eigenvalue weighted by atomic mass is 9.79. The zero-order valence-corrected chi connectivity index (χ0v) is 13.0. The molecule has 0 aromatic heterocycles. The molecule has 1 aliphatic carbocycles. The molecule has 18 heavy (non-hydrogen) atoms. The quantitative estimate of drug-likeness (QED) is 0.499. The molecule has 0 spiro atoms. The molecule has 1 aliphatic rings. The summed E-state index contributed by atoms with van der Waals surface area (Å²) >= 11 is 0. The van der Waals surface area contributed by atoms with Gasteiger partial charge in [0.1, 0.15) is 0 Å². The van der Waals surface area contributed by atoms with E-state index in [0.717, 1.165) is 11.8 Å². The van der Waals surface area contributed by atoms with Gasteiger partial charge in [0.05, 0.1) is 0 Å². The smallest absolute Gasteiger partial charge is 0.0162 e. The van der Waals surface area contributed by atoms with Crippen molar-refractivity contribution in [2.45, 2.75) is 45.4 Å². The lowest BCUT2D eigenvalue weighted by Crippen LogP contribution is -2.11. The Morgan fingerprint density at radius 3 is 2.11 bits per heavy atom. The molecular formula is C17H27P. The van der Waals surface area contributed by atoms with Crippen LogP contribution in [0.5, 0.6) is 0 Å². The highest BCUT2D eigenvalue weighted by molar-refractivity contribution is 7.16. The minimum Gasteiger partial charge on any atom is -0.138 e. The van der Waals surface area contributed by atoms with E-state index in [9.17, 15) is 0 Å². The first-order chi connectivity index (χ1) is 8.71. The summed E-state index contributed by atoms with van der Waals surface area (Å²) in [6.45, 7) is 8.13. The van der Waals surface area contributed by atoms with Crippen molar-refractivity contribution in [1.82, 2.24) is 0 Å². The minimum absolute atomic E-state index is 0.770. The van der Waals surface area contributed by atoms with Crippen LogP contribution in [-0.2, 0) is 0 Å². The van der Waals surface area contributed by atoms with Crippen molar-refractivity contribution in [3.63, 3.8) is 0 Å². The Morgan fingerprint density at radius 2 is 1.67 bits per heavy atom. The third kappa shape index (κ3) is 4.94. The van der Waals surface area contributed by atoms with Crippen molar-refractivity contribution in [1.29, 1.82) is 0 Å². The summed E-state index contributed by atoms with van der Waals surface area (Å²) in [6, 6.07) is 9.06. The number of benzene rings is 1. The molecular weight excluding hydrogens is 235 g/mol. The minimum atomic E-state index is 0.770. The molecule has 0 N–H and O–H groups in total. The Kier molecular flexibility index (Phi) is 7.28. The molecule has 0 radical (unpaired) electrons. The maximum absolute atomic E-state index is 3.89. The van der Waals surface area contributed by atoms with Crippen LogP contribution in [0.3, 0.4) is 0 Å². The van der Waals surface area contributed by atoms with Crippen LogP contribution in [0.4, 0.5) is 0 Å². The molecule has 1 heteroatoms. The Labute approximate surface area is 115 Å². The summed E-state index contributed by atoms with van der Waals surface area (Å²) in [5.41, 5.74) is 2.89. The van der Waals surface area contributed by atoms with E-state index in [2.05, 4.69) is 60.0 Å². The van der Waals surface area contributed by atoms with Gasteiger partial charge in [-0.1, -0.05) is 42.8 Å². The van der Waals surface area contributed by atoms with E-state index in [-0.39, 0.29) is 0 Å². The van der Waals surface area contributed by atoms with Crippen LogP contribution in [0.1, 0.15) is 49.7 Å². The van der Waals surface area contributed by atoms with E-state index in [1.165, 1.54) is 43.0 Å². The van der Waals surface area contributed by atoms with E-state index >= 15 is 0 Å². The molecule has 1 unspecified atom stereocenters. The molecule has 0 amide bonds. The Hall–Kier alpha value is -0.610. The second kappa shape index (κ2) is 8.48. The predicted molar refractivity (Wildman–Crippen MR) is 86.3 cm³/mol. The second-order valence-corrected chi connectivity index (χ2v) is 5.98. The highest BCUT2D eigenvalue weighted by atomic mass is 31.0. The third-order valence-electron chi connectivity index (χ3n) is 3.65. The normalized spacial score (nSPS) is 22.8. The number of hydrogen-bond acceptors (Lipinski definition) is 0. The molecule has 2 rings (SSSR count). The standard InChI is InChI=1S/C15H20.C2H7P/c1-3-13-6-10-15(11-7-13)14-8-4-12(2)5-9-14;1-2-3/h3-5,8-9,13,15H,1,6-7,10-11H2,2H3;2-3H2,1H3. The summed E-state index contributed by atoms with van der Waals surface area (Å²) in [6.07, 6.45) is 8.61. The number of aryl methyl sites for hydroxylation is 1. The SMILES string of the molecule is C=CC1CCC(c2ccc(C)cc2)CC1.CCP. The van der Waals surface area contributed by atoms with Crippen molar-refractivity contribution >= 4 is 9.24 Å². The van der Waals surface area contributed by atoms with Crippen LogP contribution in [0.2, 0.25) is 0 Å². The molecule has 0 saturated heterocycles. The Balaban J connectivity index is 0.000000492. The average Bonchev–Trinajstić information content (AvgIpc) is 2.41. The van der Waals surface area contributed by atoms with Gasteiger partial charge in [-0.15, -0.1) is 15.8 Å². The molecule has 1 atom stereocenters. The second-order valence-electron chi connectivity index (χ2n) is 5.17. The van der Waals surface area contributed by atoms with E-state index < -0.39 is 0 Å². The lowest BCUT2D eigenvalue weighted by molar-refractivity contribution is 0.376. The topological polar surface area (TPSA) is 0 Å². The molecule has 0 bridgehead atoms. The molecule has 0 nitrogen and oxygen atoms in total. The van der Waals surface area contributed by atoms with Gasteiger partial charge in [-0.2, -0.15) is 0 Å². The van der Waals surface area contributed by atoms with E-state index in [1.54, 1.807) is 0 Å². The van der Waals surface area contributed by atoms with Gasteiger partial charge in [0.25, 0.3) is 0 Å². The third-order valence-corrected chi connectivity index (χ3v) is 3.65. The average molecular weight is 262 g/mol. The summed E-state index contributed by atoms with van der Waals surface area (Å²) in [5, 5.41) is 0. The number of hydrogen-bond donors (Lipinski definition) is 0. The van der Waals surface area contributed by atoms with Crippen LogP contribution in [0.25, 0.3) is 0 Å². The van der Waals surface area contributed by atoms with Gasteiger partial charge in [0.15, 0.2) is 0 Å². The van der Waals surface area contributed by atoms with Crippen LogP contribution in [0.15, 0.2) is 36.9 Å². The van der Waals surface area contributed by atoms with E-state index in [1.807, 2.05) is 0 Å². The fraction of sp³-hybridized carbons (Fsp3) is 0.529. The van der Waals surface area contributed by atoms with Gasteiger partial charge in [0.2, 0.25) is 0 Å². The Bertz CT molecular complexity index is 331. The van der Waals surface area contributed by atoms with Crippen LogP contribution < -0.4 is 0 Å². The van der Waals surface area contributed by atoms with Gasteiger partial charge < -0.3 is 0 Å². The first kappa shape index (κ1) is 15.4. The first-order valence-corrected chi connectivity index (χ1v) is 7.92. The molecule has 0 aliphatic heterocycles. The highest BCUT2D eigenvalue weighted by Gasteiger charge is 2.20. The predicted octanol–water partition coefficient (Wildman–Crippen LogP) is 5.34. The largest absolute Gasteiger partial charge is 0.138 e. The van der Waals surface area contributed by atoms with Crippen LogP contribution >= 0.6 is 9.24 Å². The zero-order chi connectivity index (χ0) is 13.4. The van der Waals surface area contributed by atoms with Gasteiger partial charge in [0, 0.05) is 0 Å². The van der Waals surface area contributed by atoms with Crippen molar-refractivity contribution < 1.29 is 0 Å². The maximum atomic E-state index is 3.89. The summed E-state index contributed by atoms with van der Waals surface area (Å²) < 4.78 is 0. The molecule has 1 saturated carbocycles. The summed E-state index contributed by atoms with van der Waals surface area (Å²) in [7, 11) is 2.58. The van der Waals surface area contributed by atoms with Crippen LogP contribution in [0, 0.1) is 12.8 Å². The monoisotopic (exact) mass is 262 g/mol. The molecule has 0 heterocycles. The zero-order valence-electron chi connectivity index (χ0n) is 11.9. The van der Waals surface area contributed by atoms with Crippen molar-refractivity contribution in [3.8, 4) is 0 Å². The fourth-order valence-electron chi connectivity index (χ4n) is 2.53. The van der Waals surface area contributed by atoms with Crippen molar-refractivity contribution in [2.24, 2.45) is 5.92 Å². The van der Waals surface area contributed by atoms with Crippen molar-refractivity contribution in [2.75, 3.05) is 6.16 Å².